The van der Waals surface area contributed by atoms with Crippen LogP contribution in [0.2, 0.25) is 0 Å². The smallest absolute Gasteiger partial charge is 0.191 e. The predicted molar refractivity (Wildman–Crippen MR) is 99.1 cm³/mol. The van der Waals surface area contributed by atoms with Gasteiger partial charge in [-0.25, -0.2) is 4.39 Å². The van der Waals surface area contributed by atoms with Gasteiger partial charge >= 0.3 is 0 Å². The van der Waals surface area contributed by atoms with Crippen LogP contribution in [0.4, 0.5) is 4.39 Å². The second-order valence-corrected chi connectivity index (χ2v) is 7.71. The summed E-state index contributed by atoms with van der Waals surface area (Å²) in [5, 5.41) is 11.7. The third kappa shape index (κ3) is 3.54. The molecular formula is C18H20FN3S2. The van der Waals surface area contributed by atoms with Crippen molar-refractivity contribution in [2.45, 2.75) is 44.1 Å². The molecule has 1 aromatic carbocycles. The Labute approximate surface area is 149 Å². The van der Waals surface area contributed by atoms with Crippen LogP contribution in [-0.2, 0) is 12.3 Å². The molecule has 0 fully saturated rings. The number of nitrogens with zero attached hydrogens (tertiary/aromatic N) is 3. The van der Waals surface area contributed by atoms with Gasteiger partial charge < -0.3 is 4.57 Å². The predicted octanol–water partition coefficient (Wildman–Crippen LogP) is 5.58. The minimum Gasteiger partial charge on any atom is -0.302 e. The minimum atomic E-state index is -0.174. The van der Waals surface area contributed by atoms with Crippen LogP contribution < -0.4 is 0 Å². The van der Waals surface area contributed by atoms with E-state index >= 15 is 0 Å². The summed E-state index contributed by atoms with van der Waals surface area (Å²) in [7, 11) is 0. The first kappa shape index (κ1) is 17.2. The van der Waals surface area contributed by atoms with Crippen molar-refractivity contribution in [3.05, 3.63) is 52.0 Å². The van der Waals surface area contributed by atoms with Crippen molar-refractivity contribution in [3.63, 3.8) is 0 Å². The zero-order valence-corrected chi connectivity index (χ0v) is 15.6. The fourth-order valence-electron chi connectivity index (χ4n) is 2.42. The molecule has 0 radical (unpaired) electrons. The number of hydrogen-bond acceptors (Lipinski definition) is 4. The standard InChI is InChI=1S/C18H20FN3S2/c1-4-22-17(14-9-16(12(2)3)23-11-14)20-21-18(22)24-10-13-7-5-6-8-15(13)19/h5-9,11-12H,4,10H2,1-3H3. The summed E-state index contributed by atoms with van der Waals surface area (Å²) in [5.41, 5.74) is 1.79. The van der Waals surface area contributed by atoms with E-state index < -0.39 is 0 Å². The van der Waals surface area contributed by atoms with Gasteiger partial charge in [0.2, 0.25) is 0 Å². The number of benzene rings is 1. The van der Waals surface area contributed by atoms with E-state index in [0.29, 0.717) is 17.2 Å². The molecule has 0 saturated carbocycles. The van der Waals surface area contributed by atoms with Crippen LogP contribution >= 0.6 is 23.1 Å². The molecule has 0 aliphatic rings. The lowest BCUT2D eigenvalue weighted by atomic mass is 10.1. The molecule has 24 heavy (non-hydrogen) atoms. The Kier molecular flexibility index (Phi) is 5.36. The quantitative estimate of drug-likeness (QED) is 0.537. The van der Waals surface area contributed by atoms with Crippen molar-refractivity contribution in [3.8, 4) is 11.4 Å². The Balaban J connectivity index is 1.82. The van der Waals surface area contributed by atoms with E-state index in [1.54, 1.807) is 17.4 Å². The highest BCUT2D eigenvalue weighted by Crippen LogP contribution is 2.31. The molecule has 0 atom stereocenters. The largest absolute Gasteiger partial charge is 0.302 e. The highest BCUT2D eigenvalue weighted by molar-refractivity contribution is 7.98. The Morgan fingerprint density at radius 3 is 2.71 bits per heavy atom. The van der Waals surface area contributed by atoms with Gasteiger partial charge in [-0.3, -0.25) is 0 Å². The van der Waals surface area contributed by atoms with Gasteiger partial charge in [0.1, 0.15) is 5.82 Å². The number of rotatable bonds is 6. The molecule has 3 aromatic rings. The van der Waals surface area contributed by atoms with E-state index in [0.717, 1.165) is 23.1 Å². The molecule has 6 heteroatoms. The van der Waals surface area contributed by atoms with Crippen molar-refractivity contribution in [1.29, 1.82) is 0 Å². The lowest BCUT2D eigenvalue weighted by Crippen LogP contribution is -1.99. The van der Waals surface area contributed by atoms with Crippen LogP contribution in [0, 0.1) is 5.82 Å². The molecule has 3 rings (SSSR count). The molecule has 0 aliphatic carbocycles. The number of halogens is 1. The van der Waals surface area contributed by atoms with Crippen LogP contribution in [0.25, 0.3) is 11.4 Å². The van der Waals surface area contributed by atoms with Crippen LogP contribution in [0.5, 0.6) is 0 Å². The van der Waals surface area contributed by atoms with Gasteiger partial charge in [-0.1, -0.05) is 43.8 Å². The monoisotopic (exact) mass is 361 g/mol. The van der Waals surface area contributed by atoms with E-state index in [-0.39, 0.29) is 5.82 Å². The average Bonchev–Trinajstić information content (AvgIpc) is 3.20. The maximum atomic E-state index is 13.8. The Bertz CT molecular complexity index is 823. The summed E-state index contributed by atoms with van der Waals surface area (Å²) < 4.78 is 15.9. The number of hydrogen-bond donors (Lipinski definition) is 0. The highest BCUT2D eigenvalue weighted by Gasteiger charge is 2.16. The molecule has 2 heterocycles. The third-order valence-corrected chi connectivity index (χ3v) is 6.04. The van der Waals surface area contributed by atoms with Crippen molar-refractivity contribution in [2.75, 3.05) is 0 Å². The van der Waals surface area contributed by atoms with Crippen molar-refractivity contribution in [1.82, 2.24) is 14.8 Å². The topological polar surface area (TPSA) is 30.7 Å². The van der Waals surface area contributed by atoms with Crippen molar-refractivity contribution in [2.24, 2.45) is 0 Å². The first-order valence-corrected chi connectivity index (χ1v) is 9.84. The van der Waals surface area contributed by atoms with E-state index in [1.165, 1.54) is 22.7 Å². The van der Waals surface area contributed by atoms with E-state index in [1.807, 2.05) is 12.1 Å². The summed E-state index contributed by atoms with van der Waals surface area (Å²) in [6.07, 6.45) is 0. The van der Waals surface area contributed by atoms with Gasteiger partial charge in [-0.05, 0) is 30.5 Å². The molecule has 0 unspecified atom stereocenters. The lowest BCUT2D eigenvalue weighted by molar-refractivity contribution is 0.617. The number of thioether (sulfide) groups is 1. The summed E-state index contributed by atoms with van der Waals surface area (Å²) in [4.78, 5) is 1.34. The fraction of sp³-hybridized carbons (Fsp3) is 0.333. The summed E-state index contributed by atoms with van der Waals surface area (Å²) >= 11 is 3.28. The number of aromatic nitrogens is 3. The minimum absolute atomic E-state index is 0.174. The summed E-state index contributed by atoms with van der Waals surface area (Å²) in [5.74, 6) is 1.77. The molecule has 126 valence electrons. The van der Waals surface area contributed by atoms with Crippen molar-refractivity contribution >= 4 is 23.1 Å². The second kappa shape index (κ2) is 7.49. The Hall–Kier alpha value is -1.66. The molecule has 3 nitrogen and oxygen atoms in total. The second-order valence-electron chi connectivity index (χ2n) is 5.82. The van der Waals surface area contributed by atoms with Crippen LogP contribution in [0.15, 0.2) is 40.9 Å². The zero-order valence-electron chi connectivity index (χ0n) is 14.0. The van der Waals surface area contributed by atoms with Gasteiger partial charge in [0, 0.05) is 28.1 Å². The maximum absolute atomic E-state index is 13.8. The van der Waals surface area contributed by atoms with Crippen LogP contribution in [0.3, 0.4) is 0 Å². The van der Waals surface area contributed by atoms with Gasteiger partial charge in [-0.15, -0.1) is 21.5 Å². The molecule has 0 amide bonds. The SMILES string of the molecule is CCn1c(SCc2ccccc2F)nnc1-c1csc(C(C)C)c1. The van der Waals surface area contributed by atoms with Gasteiger partial charge in [-0.2, -0.15) is 0 Å². The molecule has 0 aliphatic heterocycles. The van der Waals surface area contributed by atoms with E-state index in [4.69, 9.17) is 0 Å². The molecule has 2 aromatic heterocycles. The van der Waals surface area contributed by atoms with Gasteiger partial charge in [0.25, 0.3) is 0 Å². The normalized spacial score (nSPS) is 11.4. The summed E-state index contributed by atoms with van der Waals surface area (Å²) in [6.45, 7) is 7.25. The Morgan fingerprint density at radius 1 is 1.25 bits per heavy atom. The maximum Gasteiger partial charge on any atom is 0.191 e. The number of thiophene rings is 1. The Morgan fingerprint density at radius 2 is 2.04 bits per heavy atom. The van der Waals surface area contributed by atoms with Gasteiger partial charge in [0.05, 0.1) is 0 Å². The van der Waals surface area contributed by atoms with E-state index in [2.05, 4.69) is 47.0 Å². The molecule has 0 spiro atoms. The average molecular weight is 362 g/mol. The van der Waals surface area contributed by atoms with Crippen LogP contribution in [-0.4, -0.2) is 14.8 Å². The first-order chi connectivity index (χ1) is 11.6. The molecule has 0 N–H and O–H groups in total. The van der Waals surface area contributed by atoms with Crippen molar-refractivity contribution < 1.29 is 4.39 Å². The molecule has 0 saturated heterocycles. The van der Waals surface area contributed by atoms with Crippen LogP contribution in [0.1, 0.15) is 37.1 Å². The van der Waals surface area contributed by atoms with E-state index in [9.17, 15) is 4.39 Å². The summed E-state index contributed by atoms with van der Waals surface area (Å²) in [6, 6.07) is 9.05. The fourth-order valence-corrected chi connectivity index (χ4v) is 4.32. The third-order valence-electron chi connectivity index (χ3n) is 3.79. The lowest BCUT2D eigenvalue weighted by Gasteiger charge is -2.07. The highest BCUT2D eigenvalue weighted by atomic mass is 32.2. The molecule has 0 bridgehead atoms. The first-order valence-electron chi connectivity index (χ1n) is 7.98. The molecular weight excluding hydrogens is 341 g/mol. The zero-order chi connectivity index (χ0) is 17.1. The van der Waals surface area contributed by atoms with Gasteiger partial charge in [0.15, 0.2) is 11.0 Å².